The first-order valence-electron chi connectivity index (χ1n) is 8.15. The van der Waals surface area contributed by atoms with Crippen molar-refractivity contribution in [3.8, 4) is 0 Å². The second-order valence-corrected chi connectivity index (χ2v) is 7.41. The topological polar surface area (TPSA) is 82.3 Å². The van der Waals surface area contributed by atoms with Gasteiger partial charge >= 0.3 is 0 Å². The lowest BCUT2D eigenvalue weighted by Gasteiger charge is -2.22. The van der Waals surface area contributed by atoms with Crippen LogP contribution < -0.4 is 5.32 Å². The van der Waals surface area contributed by atoms with E-state index >= 15 is 0 Å². The Labute approximate surface area is 155 Å². The van der Waals surface area contributed by atoms with Gasteiger partial charge in [-0.1, -0.05) is 11.8 Å². The fraction of sp³-hybridized carbons (Fsp3) is 0.278. The minimum Gasteiger partial charge on any atom is -0.371 e. The zero-order valence-corrected chi connectivity index (χ0v) is 15.1. The molecule has 0 bridgehead atoms. The van der Waals surface area contributed by atoms with Crippen LogP contribution in [0.2, 0.25) is 0 Å². The number of rotatable bonds is 5. The van der Waals surface area contributed by atoms with E-state index < -0.39 is 4.92 Å². The highest BCUT2D eigenvalue weighted by Crippen LogP contribution is 2.36. The zero-order valence-electron chi connectivity index (χ0n) is 14.2. The first-order valence-corrected chi connectivity index (χ1v) is 9.03. The van der Waals surface area contributed by atoms with Crippen LogP contribution in [0.4, 0.5) is 4.39 Å². The van der Waals surface area contributed by atoms with E-state index in [1.807, 2.05) is 7.05 Å². The number of halogens is 1. The first kappa shape index (κ1) is 18.3. The summed E-state index contributed by atoms with van der Waals surface area (Å²) in [5, 5.41) is 22.5. The van der Waals surface area contributed by atoms with Gasteiger partial charge in [0.25, 0.3) is 5.70 Å². The van der Waals surface area contributed by atoms with Gasteiger partial charge < -0.3 is 15.6 Å². The molecular weight excluding hydrogens is 355 g/mol. The van der Waals surface area contributed by atoms with Crippen LogP contribution >= 0.6 is 11.8 Å². The van der Waals surface area contributed by atoms with Gasteiger partial charge in [-0.2, -0.15) is 0 Å². The van der Waals surface area contributed by atoms with E-state index in [1.165, 1.54) is 41.3 Å². The summed E-state index contributed by atoms with van der Waals surface area (Å²) < 4.78 is 12.9. The lowest BCUT2D eigenvalue weighted by Crippen LogP contribution is -2.31. The van der Waals surface area contributed by atoms with Crippen molar-refractivity contribution >= 4 is 17.5 Å². The molecule has 0 spiro atoms. The minimum atomic E-state index is -0.458. The molecule has 0 saturated heterocycles. The van der Waals surface area contributed by atoms with E-state index in [9.17, 15) is 14.5 Å². The zero-order chi connectivity index (χ0) is 18.7. The van der Waals surface area contributed by atoms with E-state index in [2.05, 4.69) is 10.2 Å². The first-order chi connectivity index (χ1) is 12.4. The third-order valence-corrected chi connectivity index (χ3v) is 5.42. The van der Waals surface area contributed by atoms with Gasteiger partial charge in [-0.05, 0) is 49.4 Å². The molecule has 8 heteroatoms. The number of hydrogen-bond acceptors (Lipinski definition) is 6. The molecule has 0 aliphatic carbocycles. The van der Waals surface area contributed by atoms with Crippen molar-refractivity contribution in [1.82, 2.24) is 10.2 Å². The molecule has 26 heavy (non-hydrogen) atoms. The third-order valence-electron chi connectivity index (χ3n) is 4.18. The maximum Gasteiger partial charge on any atom is 0.268 e. The van der Waals surface area contributed by atoms with Gasteiger partial charge in [0.15, 0.2) is 0 Å². The van der Waals surface area contributed by atoms with E-state index in [0.717, 1.165) is 25.2 Å². The Kier molecular flexibility index (Phi) is 5.53. The van der Waals surface area contributed by atoms with Crippen molar-refractivity contribution in [2.24, 2.45) is 0 Å². The maximum atomic E-state index is 12.9. The lowest BCUT2D eigenvalue weighted by molar-refractivity contribution is -0.419. The highest BCUT2D eigenvalue weighted by molar-refractivity contribution is 8.04. The summed E-state index contributed by atoms with van der Waals surface area (Å²) in [7, 11) is 2.05. The van der Waals surface area contributed by atoms with Crippen LogP contribution in [0, 0.1) is 21.3 Å². The highest BCUT2D eigenvalue weighted by atomic mass is 32.2. The van der Waals surface area contributed by atoms with Gasteiger partial charge in [0.1, 0.15) is 11.2 Å². The molecule has 0 radical (unpaired) electrons. The summed E-state index contributed by atoms with van der Waals surface area (Å²) in [6.07, 6.45) is 5.20. The Morgan fingerprint density at radius 2 is 2.15 bits per heavy atom. The third kappa shape index (κ3) is 4.39. The number of allylic oxidation sites excluding steroid dienone is 2. The predicted molar refractivity (Wildman–Crippen MR) is 101 cm³/mol. The van der Waals surface area contributed by atoms with Crippen LogP contribution in [0.15, 0.2) is 58.8 Å². The number of nitrogens with zero attached hydrogens (tertiary/aromatic N) is 2. The molecule has 2 N–H and O–H groups in total. The van der Waals surface area contributed by atoms with E-state index in [1.54, 1.807) is 17.8 Å². The molecule has 0 aromatic heterocycles. The fourth-order valence-corrected chi connectivity index (χ4v) is 3.98. The SMILES string of the molecule is CN1CCC2=C(C1)NC(/C=C(/C=C\C(=N)c1ccc(F)cc1)[N+](=O)[O-])S2. The number of hydrogen-bond donors (Lipinski definition) is 2. The lowest BCUT2D eigenvalue weighted by atomic mass is 10.1. The molecule has 1 aromatic rings. The Morgan fingerprint density at radius 1 is 1.42 bits per heavy atom. The second kappa shape index (κ2) is 7.84. The highest BCUT2D eigenvalue weighted by Gasteiger charge is 2.28. The maximum absolute atomic E-state index is 12.9. The normalized spacial score (nSPS) is 21.0. The van der Waals surface area contributed by atoms with Crippen LogP contribution in [0.3, 0.4) is 0 Å². The summed E-state index contributed by atoms with van der Waals surface area (Å²) in [5.41, 5.74) is 1.65. The molecule has 0 amide bonds. The Bertz CT molecular complexity index is 817. The number of likely N-dealkylation sites (N-methyl/N-ethyl adjacent to an activating group) is 1. The summed E-state index contributed by atoms with van der Waals surface area (Å²) in [5.74, 6) is -0.386. The van der Waals surface area contributed by atoms with Gasteiger partial charge in [0.2, 0.25) is 0 Å². The number of benzene rings is 1. The average molecular weight is 374 g/mol. The van der Waals surface area contributed by atoms with Crippen molar-refractivity contribution < 1.29 is 9.31 Å². The Morgan fingerprint density at radius 3 is 2.85 bits per heavy atom. The molecule has 6 nitrogen and oxygen atoms in total. The van der Waals surface area contributed by atoms with Crippen LogP contribution in [0.5, 0.6) is 0 Å². The van der Waals surface area contributed by atoms with Crippen LogP contribution in [-0.2, 0) is 0 Å². The van der Waals surface area contributed by atoms with Crippen molar-refractivity contribution in [3.05, 3.63) is 80.3 Å². The smallest absolute Gasteiger partial charge is 0.268 e. The van der Waals surface area contributed by atoms with Gasteiger partial charge in [-0.15, -0.1) is 0 Å². The Hall–Kier alpha value is -2.45. The van der Waals surface area contributed by atoms with Crippen molar-refractivity contribution in [1.29, 1.82) is 5.41 Å². The fourth-order valence-electron chi connectivity index (χ4n) is 2.79. The Balaban J connectivity index is 1.70. The molecule has 0 fully saturated rings. The summed E-state index contributed by atoms with van der Waals surface area (Å²) >= 11 is 1.61. The molecule has 2 aliphatic rings. The van der Waals surface area contributed by atoms with Gasteiger partial charge in [0.05, 0.1) is 10.6 Å². The average Bonchev–Trinajstić information content (AvgIpc) is 3.00. The largest absolute Gasteiger partial charge is 0.371 e. The number of thioether (sulfide) groups is 1. The quantitative estimate of drug-likeness (QED) is 0.358. The summed E-state index contributed by atoms with van der Waals surface area (Å²) in [6.45, 7) is 1.81. The van der Waals surface area contributed by atoms with Crippen molar-refractivity contribution in [2.45, 2.75) is 11.8 Å². The molecule has 1 aromatic carbocycles. The molecule has 0 saturated carbocycles. The molecule has 1 unspecified atom stereocenters. The van der Waals surface area contributed by atoms with E-state index in [0.29, 0.717) is 5.56 Å². The predicted octanol–water partition coefficient (Wildman–Crippen LogP) is 3.12. The molecular formula is C18H19FN4O2S. The second-order valence-electron chi connectivity index (χ2n) is 6.17. The van der Waals surface area contributed by atoms with Crippen LogP contribution in [-0.4, -0.2) is 41.0 Å². The summed E-state index contributed by atoms with van der Waals surface area (Å²) in [4.78, 5) is 14.4. The molecule has 136 valence electrons. The number of nitrogens with one attached hydrogen (secondary N) is 2. The van der Waals surface area contributed by atoms with Crippen LogP contribution in [0.1, 0.15) is 12.0 Å². The van der Waals surface area contributed by atoms with E-state index in [4.69, 9.17) is 5.41 Å². The van der Waals surface area contributed by atoms with Crippen LogP contribution in [0.25, 0.3) is 0 Å². The van der Waals surface area contributed by atoms with Gasteiger partial charge in [0, 0.05) is 35.8 Å². The number of nitro groups is 1. The van der Waals surface area contributed by atoms with E-state index in [-0.39, 0.29) is 22.6 Å². The van der Waals surface area contributed by atoms with Gasteiger partial charge in [-0.25, -0.2) is 4.39 Å². The molecule has 3 rings (SSSR count). The van der Waals surface area contributed by atoms with Gasteiger partial charge in [-0.3, -0.25) is 10.1 Å². The molecule has 2 heterocycles. The van der Waals surface area contributed by atoms with Crippen molar-refractivity contribution in [2.75, 3.05) is 20.1 Å². The standard InChI is InChI=1S/C18H19FN4O2S/c1-22-9-8-17-16(11-22)21-18(26-17)10-14(23(24)25)6-7-15(20)12-2-4-13(19)5-3-12/h2-7,10,18,20-21H,8-9,11H2,1H3/b7-6-,14-10-,20-15?. The summed E-state index contributed by atoms with van der Waals surface area (Å²) in [6, 6.07) is 5.46. The molecule has 1 atom stereocenters. The molecule has 2 aliphatic heterocycles. The minimum absolute atomic E-state index is 0.0740. The van der Waals surface area contributed by atoms with Crippen molar-refractivity contribution in [3.63, 3.8) is 0 Å². The monoisotopic (exact) mass is 374 g/mol.